The maximum absolute atomic E-state index is 12.7. The Morgan fingerprint density at radius 2 is 1.86 bits per heavy atom. The third kappa shape index (κ3) is 2.44. The van der Waals surface area contributed by atoms with Crippen LogP contribution in [0.25, 0.3) is 22.6 Å². The molecule has 0 unspecified atom stereocenters. The lowest BCUT2D eigenvalue weighted by Gasteiger charge is -2.13. The zero-order chi connectivity index (χ0) is 20.3. The third-order valence-corrected chi connectivity index (χ3v) is 4.83. The zero-order valence-corrected chi connectivity index (χ0v) is 15.2. The van der Waals surface area contributed by atoms with Crippen molar-refractivity contribution < 1.29 is 9.59 Å². The number of imide groups is 1. The molecule has 1 aliphatic heterocycles. The van der Waals surface area contributed by atoms with Crippen molar-refractivity contribution in [3.8, 4) is 16.9 Å². The fourth-order valence-electron chi connectivity index (χ4n) is 3.58. The summed E-state index contributed by atoms with van der Waals surface area (Å²) in [5.74, 6) is -1.32. The van der Waals surface area contributed by atoms with Crippen molar-refractivity contribution >= 4 is 23.3 Å². The van der Waals surface area contributed by atoms with Gasteiger partial charge in [-0.1, -0.05) is 12.1 Å². The van der Waals surface area contributed by atoms with Gasteiger partial charge in [-0.25, -0.2) is 9.50 Å². The van der Waals surface area contributed by atoms with Crippen molar-refractivity contribution in [2.75, 3.05) is 5.73 Å². The van der Waals surface area contributed by atoms with Gasteiger partial charge in [-0.15, -0.1) is 0 Å². The summed E-state index contributed by atoms with van der Waals surface area (Å²) in [6, 6.07) is 11.9. The summed E-state index contributed by atoms with van der Waals surface area (Å²) in [6.07, 6.45) is 1.68. The van der Waals surface area contributed by atoms with Crippen LogP contribution < -0.4 is 16.6 Å². The van der Waals surface area contributed by atoms with E-state index in [-0.39, 0.29) is 16.9 Å². The Balaban J connectivity index is 1.72. The summed E-state index contributed by atoms with van der Waals surface area (Å²) in [5, 5.41) is 6.62. The van der Waals surface area contributed by atoms with Crippen LogP contribution in [-0.4, -0.2) is 31.0 Å². The number of pyridine rings is 1. The molecule has 9 heteroatoms. The van der Waals surface area contributed by atoms with E-state index in [1.165, 1.54) is 4.57 Å². The lowest BCUT2D eigenvalue weighted by molar-refractivity contribution is 0.0880. The number of carbonyl (C=O) groups is 2. The van der Waals surface area contributed by atoms with Crippen LogP contribution in [-0.2, 0) is 0 Å². The summed E-state index contributed by atoms with van der Waals surface area (Å²) < 4.78 is 2.93. The first-order chi connectivity index (χ1) is 13.9. The second-order valence-electron chi connectivity index (χ2n) is 6.71. The number of rotatable bonds is 2. The molecule has 142 valence electrons. The Bertz CT molecular complexity index is 1420. The lowest BCUT2D eigenvalue weighted by Crippen LogP contribution is -2.24. The number of hydrogen-bond acceptors (Lipinski definition) is 6. The van der Waals surface area contributed by atoms with Gasteiger partial charge in [-0.05, 0) is 25.1 Å². The van der Waals surface area contributed by atoms with Gasteiger partial charge in [0.1, 0.15) is 5.82 Å². The van der Waals surface area contributed by atoms with Gasteiger partial charge in [0.25, 0.3) is 17.4 Å². The van der Waals surface area contributed by atoms with Crippen molar-refractivity contribution in [2.24, 2.45) is 0 Å². The second-order valence-corrected chi connectivity index (χ2v) is 6.71. The molecule has 0 radical (unpaired) electrons. The number of amides is 2. The Hall–Kier alpha value is -4.27. The number of aromatic nitrogens is 4. The summed E-state index contributed by atoms with van der Waals surface area (Å²) in [6.45, 7) is 1.88. The first-order valence-corrected chi connectivity index (χ1v) is 8.77. The van der Waals surface area contributed by atoms with E-state index < -0.39 is 17.4 Å². The van der Waals surface area contributed by atoms with E-state index in [1.54, 1.807) is 28.9 Å². The quantitative estimate of drug-likeness (QED) is 0.501. The van der Waals surface area contributed by atoms with Crippen LogP contribution in [0.3, 0.4) is 0 Å². The Kier molecular flexibility index (Phi) is 3.41. The molecular formula is C20H14N6O3. The molecule has 1 aromatic carbocycles. The number of nitrogens with zero attached hydrogens (tertiary/aromatic N) is 4. The maximum Gasteiger partial charge on any atom is 0.262 e. The van der Waals surface area contributed by atoms with Gasteiger partial charge in [0.05, 0.1) is 28.2 Å². The summed E-state index contributed by atoms with van der Waals surface area (Å²) in [7, 11) is 0. The molecule has 9 nitrogen and oxygen atoms in total. The molecule has 0 saturated carbocycles. The van der Waals surface area contributed by atoms with Gasteiger partial charge in [-0.2, -0.15) is 5.10 Å². The van der Waals surface area contributed by atoms with Crippen LogP contribution in [0.4, 0.5) is 5.82 Å². The number of nitrogens with one attached hydrogen (secondary N) is 1. The summed E-state index contributed by atoms with van der Waals surface area (Å²) in [5.41, 5.74) is 9.19. The molecule has 4 heterocycles. The lowest BCUT2D eigenvalue weighted by atomic mass is 10.1. The van der Waals surface area contributed by atoms with Crippen LogP contribution in [0.1, 0.15) is 26.4 Å². The molecule has 0 aliphatic carbocycles. The SMILES string of the molecule is Cc1cc2nccc(-c3cccc(-n4c(N)c5c(cc4=O)C(=O)NC5=O)c3)n2n1. The molecule has 3 aromatic heterocycles. The predicted molar refractivity (Wildman–Crippen MR) is 105 cm³/mol. The van der Waals surface area contributed by atoms with E-state index in [1.807, 2.05) is 25.1 Å². The average molecular weight is 386 g/mol. The molecule has 0 atom stereocenters. The molecular weight excluding hydrogens is 372 g/mol. The van der Waals surface area contributed by atoms with Crippen LogP contribution in [0, 0.1) is 6.92 Å². The van der Waals surface area contributed by atoms with E-state index in [0.717, 1.165) is 23.0 Å². The third-order valence-electron chi connectivity index (χ3n) is 4.83. The van der Waals surface area contributed by atoms with Gasteiger partial charge >= 0.3 is 0 Å². The molecule has 2 amide bonds. The molecule has 0 bridgehead atoms. The van der Waals surface area contributed by atoms with Crippen LogP contribution in [0.15, 0.2) is 53.5 Å². The maximum atomic E-state index is 12.7. The minimum absolute atomic E-state index is 0.00670. The fraction of sp³-hybridized carbons (Fsp3) is 0.0500. The van der Waals surface area contributed by atoms with E-state index >= 15 is 0 Å². The number of hydrogen-bond donors (Lipinski definition) is 2. The molecule has 5 rings (SSSR count). The van der Waals surface area contributed by atoms with Gasteiger partial charge in [0.15, 0.2) is 5.65 Å². The Labute approximate surface area is 163 Å². The molecule has 29 heavy (non-hydrogen) atoms. The molecule has 3 N–H and O–H groups in total. The average Bonchev–Trinajstić information content (AvgIpc) is 3.20. The molecule has 1 aliphatic rings. The number of benzene rings is 1. The smallest absolute Gasteiger partial charge is 0.262 e. The minimum Gasteiger partial charge on any atom is -0.384 e. The number of nitrogens with two attached hydrogens (primary N) is 1. The van der Waals surface area contributed by atoms with Crippen molar-refractivity contribution in [1.29, 1.82) is 0 Å². The standard InChI is InChI=1S/C20H14N6O3/c1-10-7-15-22-6-5-14(26(15)24-10)11-3-2-4-12(8-11)25-16(27)9-13-17(18(25)21)20(29)23-19(13)28/h2-9H,21H2,1H3,(H,23,28,29). The minimum atomic E-state index is -0.622. The van der Waals surface area contributed by atoms with E-state index in [4.69, 9.17) is 5.73 Å². The molecule has 0 spiro atoms. The number of fused-ring (bicyclic) bond motifs is 2. The number of nitrogen functional groups attached to an aromatic ring is 1. The van der Waals surface area contributed by atoms with E-state index in [9.17, 15) is 14.4 Å². The number of anilines is 1. The topological polar surface area (TPSA) is 124 Å². The van der Waals surface area contributed by atoms with E-state index in [2.05, 4.69) is 15.4 Å². The van der Waals surface area contributed by atoms with Gasteiger partial charge in [-0.3, -0.25) is 24.3 Å². The van der Waals surface area contributed by atoms with Crippen molar-refractivity contribution in [1.82, 2.24) is 24.5 Å². The molecule has 0 fully saturated rings. The highest BCUT2D eigenvalue weighted by molar-refractivity contribution is 6.23. The summed E-state index contributed by atoms with van der Waals surface area (Å²) in [4.78, 5) is 40.9. The van der Waals surface area contributed by atoms with E-state index in [0.29, 0.717) is 11.3 Å². The zero-order valence-electron chi connectivity index (χ0n) is 15.2. The van der Waals surface area contributed by atoms with Crippen LogP contribution >= 0.6 is 0 Å². The Morgan fingerprint density at radius 3 is 2.69 bits per heavy atom. The van der Waals surface area contributed by atoms with Crippen molar-refractivity contribution in [3.05, 3.63) is 75.8 Å². The molecule has 4 aromatic rings. The largest absolute Gasteiger partial charge is 0.384 e. The highest BCUT2D eigenvalue weighted by atomic mass is 16.2. The first kappa shape index (κ1) is 16.9. The number of aryl methyl sites for hydroxylation is 1. The van der Waals surface area contributed by atoms with Crippen LogP contribution in [0.2, 0.25) is 0 Å². The highest BCUT2D eigenvalue weighted by Crippen LogP contribution is 2.26. The first-order valence-electron chi connectivity index (χ1n) is 8.77. The summed E-state index contributed by atoms with van der Waals surface area (Å²) >= 11 is 0. The van der Waals surface area contributed by atoms with Gasteiger partial charge in [0.2, 0.25) is 0 Å². The normalized spacial score (nSPS) is 13.0. The van der Waals surface area contributed by atoms with Crippen molar-refractivity contribution in [2.45, 2.75) is 6.92 Å². The predicted octanol–water partition coefficient (Wildman–Crippen LogP) is 1.32. The fourth-order valence-corrected chi connectivity index (χ4v) is 3.58. The van der Waals surface area contributed by atoms with Gasteiger partial charge < -0.3 is 5.73 Å². The highest BCUT2D eigenvalue weighted by Gasteiger charge is 2.31. The molecule has 0 saturated heterocycles. The second kappa shape index (κ2) is 5.86. The Morgan fingerprint density at radius 1 is 1.03 bits per heavy atom. The van der Waals surface area contributed by atoms with Gasteiger partial charge in [0, 0.05) is 23.9 Å². The number of carbonyl (C=O) groups excluding carboxylic acids is 2. The van der Waals surface area contributed by atoms with Crippen LogP contribution in [0.5, 0.6) is 0 Å². The van der Waals surface area contributed by atoms with Crippen molar-refractivity contribution in [3.63, 3.8) is 0 Å². The monoisotopic (exact) mass is 386 g/mol.